The van der Waals surface area contributed by atoms with E-state index in [0.717, 1.165) is 30.9 Å². The molecule has 1 N–H and O–H groups in total. The molecule has 22 heavy (non-hydrogen) atoms. The molecule has 6 heteroatoms. The smallest absolute Gasteiger partial charge is 0.410 e. The first-order valence-corrected chi connectivity index (χ1v) is 8.73. The molecule has 2 unspecified atom stereocenters. The zero-order valence-electron chi connectivity index (χ0n) is 14.2. The summed E-state index contributed by atoms with van der Waals surface area (Å²) in [6.45, 7) is 11.5. The van der Waals surface area contributed by atoms with E-state index >= 15 is 0 Å². The lowest BCUT2D eigenvalue weighted by atomic mass is 10.2. The molecule has 2 heterocycles. The second kappa shape index (κ2) is 6.96. The van der Waals surface area contributed by atoms with Gasteiger partial charge in [-0.1, -0.05) is 0 Å². The van der Waals surface area contributed by atoms with E-state index in [-0.39, 0.29) is 18.2 Å². The zero-order valence-corrected chi connectivity index (χ0v) is 15.0. The number of hydrogen-bond acceptors (Lipinski definition) is 5. The molecule has 1 aliphatic heterocycles. The third-order valence-corrected chi connectivity index (χ3v) is 4.77. The van der Waals surface area contributed by atoms with Crippen molar-refractivity contribution in [1.82, 2.24) is 15.2 Å². The van der Waals surface area contributed by atoms with Crippen LogP contribution in [0.1, 0.15) is 56.5 Å². The number of carbonyl (C=O) groups is 1. The number of thiazole rings is 1. The number of amides is 1. The summed E-state index contributed by atoms with van der Waals surface area (Å²) < 4.78 is 5.50. The summed E-state index contributed by atoms with van der Waals surface area (Å²) in [5.41, 5.74) is -0.441. The van der Waals surface area contributed by atoms with Gasteiger partial charge in [0.15, 0.2) is 0 Å². The Hall–Kier alpha value is -1.14. The van der Waals surface area contributed by atoms with Crippen LogP contribution in [0.2, 0.25) is 0 Å². The number of hydrogen-bond donors (Lipinski definition) is 1. The predicted octanol–water partition coefficient (Wildman–Crippen LogP) is 3.50. The van der Waals surface area contributed by atoms with Gasteiger partial charge in [-0.2, -0.15) is 0 Å². The molecule has 124 valence electrons. The van der Waals surface area contributed by atoms with Crippen molar-refractivity contribution in [2.45, 2.75) is 65.1 Å². The van der Waals surface area contributed by atoms with Crippen molar-refractivity contribution in [3.63, 3.8) is 0 Å². The average molecular weight is 325 g/mol. The number of carbonyl (C=O) groups excluding carboxylic acids is 1. The second-order valence-corrected chi connectivity index (χ2v) is 8.18. The maximum atomic E-state index is 12.3. The zero-order chi connectivity index (χ0) is 16.3. The highest BCUT2D eigenvalue weighted by Gasteiger charge is 2.32. The molecule has 2 rings (SSSR count). The highest BCUT2D eigenvalue weighted by atomic mass is 32.1. The van der Waals surface area contributed by atoms with Crippen LogP contribution < -0.4 is 5.32 Å². The molecule has 0 radical (unpaired) electrons. The summed E-state index contributed by atoms with van der Waals surface area (Å²) in [5.74, 6) is 0. The fourth-order valence-corrected chi connectivity index (χ4v) is 3.38. The van der Waals surface area contributed by atoms with Gasteiger partial charge in [-0.05, 0) is 47.5 Å². The molecule has 0 saturated carbocycles. The van der Waals surface area contributed by atoms with Crippen LogP contribution in [0.4, 0.5) is 4.79 Å². The van der Waals surface area contributed by atoms with Crippen molar-refractivity contribution in [3.05, 3.63) is 16.1 Å². The average Bonchev–Trinajstić information content (AvgIpc) is 3.02. The summed E-state index contributed by atoms with van der Waals surface area (Å²) in [6, 6.07) is 0.415. The first kappa shape index (κ1) is 17.2. The van der Waals surface area contributed by atoms with Crippen LogP contribution >= 0.6 is 11.3 Å². The quantitative estimate of drug-likeness (QED) is 0.920. The molecule has 5 nitrogen and oxygen atoms in total. The predicted molar refractivity (Wildman–Crippen MR) is 89.2 cm³/mol. The molecule has 1 saturated heterocycles. The number of ether oxygens (including phenoxy) is 1. The van der Waals surface area contributed by atoms with E-state index in [1.165, 1.54) is 4.88 Å². The standard InChI is InChI=1S/C16H27N3O2S/c1-11-9-18-14(22-11)12(2)17-10-13-7-6-8-19(13)15(20)21-16(3,4)5/h9,12-13,17H,6-8,10H2,1-5H3. The summed E-state index contributed by atoms with van der Waals surface area (Å²) in [4.78, 5) is 19.8. The van der Waals surface area contributed by atoms with Crippen molar-refractivity contribution < 1.29 is 9.53 Å². The Morgan fingerprint density at radius 3 is 2.91 bits per heavy atom. The Bertz CT molecular complexity index is 510. The van der Waals surface area contributed by atoms with Crippen LogP contribution in [0.15, 0.2) is 6.20 Å². The van der Waals surface area contributed by atoms with Crippen molar-refractivity contribution in [2.24, 2.45) is 0 Å². The fourth-order valence-electron chi connectivity index (χ4n) is 2.58. The van der Waals surface area contributed by atoms with Gasteiger partial charge in [-0.25, -0.2) is 9.78 Å². The number of rotatable bonds is 4. The number of likely N-dealkylation sites (tertiary alicyclic amines) is 1. The van der Waals surface area contributed by atoms with Crippen LogP contribution in [-0.2, 0) is 4.74 Å². The lowest BCUT2D eigenvalue weighted by Crippen LogP contribution is -2.44. The SMILES string of the molecule is Cc1cnc(C(C)NCC2CCCN2C(=O)OC(C)(C)C)s1. The lowest BCUT2D eigenvalue weighted by molar-refractivity contribution is 0.0225. The molecule has 0 spiro atoms. The van der Waals surface area contributed by atoms with Gasteiger partial charge < -0.3 is 15.0 Å². The van der Waals surface area contributed by atoms with Crippen LogP contribution in [0.25, 0.3) is 0 Å². The molecule has 2 atom stereocenters. The van der Waals surface area contributed by atoms with Crippen LogP contribution in [0.5, 0.6) is 0 Å². The summed E-state index contributed by atoms with van der Waals surface area (Å²) in [7, 11) is 0. The second-order valence-electron chi connectivity index (χ2n) is 6.91. The molecule has 1 amide bonds. The largest absolute Gasteiger partial charge is 0.444 e. The minimum Gasteiger partial charge on any atom is -0.444 e. The van der Waals surface area contributed by atoms with Crippen LogP contribution in [0.3, 0.4) is 0 Å². The van der Waals surface area contributed by atoms with Gasteiger partial charge in [-0.15, -0.1) is 11.3 Å². The molecule has 1 aromatic heterocycles. The molecule has 0 aromatic carbocycles. The Kier molecular flexibility index (Phi) is 5.45. The molecule has 0 bridgehead atoms. The van der Waals surface area contributed by atoms with Gasteiger partial charge in [0.2, 0.25) is 0 Å². The molecular formula is C16H27N3O2S. The van der Waals surface area contributed by atoms with Gasteiger partial charge in [0, 0.05) is 30.2 Å². The molecule has 1 aromatic rings. The van der Waals surface area contributed by atoms with Gasteiger partial charge in [0.05, 0.1) is 6.04 Å². The monoisotopic (exact) mass is 325 g/mol. The molecule has 0 aliphatic carbocycles. The van der Waals surface area contributed by atoms with Crippen LogP contribution in [0, 0.1) is 6.92 Å². The summed E-state index contributed by atoms with van der Waals surface area (Å²) >= 11 is 1.71. The minimum absolute atomic E-state index is 0.199. The number of aryl methyl sites for hydroxylation is 1. The van der Waals surface area contributed by atoms with E-state index in [9.17, 15) is 4.79 Å². The molecule has 1 fully saturated rings. The lowest BCUT2D eigenvalue weighted by Gasteiger charge is -2.29. The number of nitrogens with one attached hydrogen (secondary N) is 1. The maximum Gasteiger partial charge on any atom is 0.410 e. The Morgan fingerprint density at radius 1 is 1.59 bits per heavy atom. The normalized spacial score (nSPS) is 20.2. The molecular weight excluding hydrogens is 298 g/mol. The Balaban J connectivity index is 1.87. The van der Waals surface area contributed by atoms with E-state index in [0.29, 0.717) is 0 Å². The molecule has 1 aliphatic rings. The number of nitrogens with zero attached hydrogens (tertiary/aromatic N) is 2. The Labute approximate surface area is 137 Å². The van der Waals surface area contributed by atoms with Gasteiger partial charge in [-0.3, -0.25) is 0 Å². The third-order valence-electron chi connectivity index (χ3n) is 3.67. The van der Waals surface area contributed by atoms with E-state index < -0.39 is 5.60 Å². The first-order chi connectivity index (χ1) is 10.3. The third kappa shape index (κ3) is 4.68. The fraction of sp³-hybridized carbons (Fsp3) is 0.750. The topological polar surface area (TPSA) is 54.5 Å². The van der Waals surface area contributed by atoms with Gasteiger partial charge in [0.25, 0.3) is 0 Å². The van der Waals surface area contributed by atoms with Gasteiger partial charge >= 0.3 is 6.09 Å². The van der Waals surface area contributed by atoms with E-state index in [1.54, 1.807) is 11.3 Å². The highest BCUT2D eigenvalue weighted by Crippen LogP contribution is 2.22. The highest BCUT2D eigenvalue weighted by molar-refractivity contribution is 7.11. The van der Waals surface area contributed by atoms with Crippen LogP contribution in [-0.4, -0.2) is 40.7 Å². The van der Waals surface area contributed by atoms with Gasteiger partial charge in [0.1, 0.15) is 10.6 Å². The van der Waals surface area contributed by atoms with E-state index in [1.807, 2.05) is 31.9 Å². The maximum absolute atomic E-state index is 12.3. The first-order valence-electron chi connectivity index (χ1n) is 7.91. The Morgan fingerprint density at radius 2 is 2.32 bits per heavy atom. The van der Waals surface area contributed by atoms with E-state index in [2.05, 4.69) is 24.1 Å². The van der Waals surface area contributed by atoms with E-state index in [4.69, 9.17) is 4.74 Å². The minimum atomic E-state index is -0.441. The summed E-state index contributed by atoms with van der Waals surface area (Å²) in [6.07, 6.45) is 3.77. The van der Waals surface area contributed by atoms with Crippen molar-refractivity contribution in [1.29, 1.82) is 0 Å². The summed E-state index contributed by atoms with van der Waals surface area (Å²) in [5, 5.41) is 4.60. The van der Waals surface area contributed by atoms with Crippen molar-refractivity contribution >= 4 is 17.4 Å². The van der Waals surface area contributed by atoms with Crippen molar-refractivity contribution in [3.8, 4) is 0 Å². The number of aromatic nitrogens is 1. The van der Waals surface area contributed by atoms with Crippen molar-refractivity contribution in [2.75, 3.05) is 13.1 Å².